The molecular weight excluding hydrogens is 258 g/mol. The van der Waals surface area contributed by atoms with Crippen LogP contribution in [0.2, 0.25) is 0 Å². The maximum atomic E-state index is 11.0. The van der Waals surface area contributed by atoms with Crippen LogP contribution in [0.5, 0.6) is 0 Å². The van der Waals surface area contributed by atoms with Gasteiger partial charge in [0.15, 0.2) is 6.29 Å². The Balaban J connectivity index is 2.94. The predicted octanol–water partition coefficient (Wildman–Crippen LogP) is 0.742. The van der Waals surface area contributed by atoms with Crippen LogP contribution in [0.4, 0.5) is 0 Å². The van der Waals surface area contributed by atoms with E-state index >= 15 is 0 Å². The number of carboxylic acid groups (broad SMARTS) is 1. The fraction of sp³-hybridized carbons (Fsp3) is 0.455. The van der Waals surface area contributed by atoms with Gasteiger partial charge in [-0.15, -0.1) is 0 Å². The fourth-order valence-corrected chi connectivity index (χ4v) is 2.42. The van der Waals surface area contributed by atoms with Crippen molar-refractivity contribution >= 4 is 22.1 Å². The first-order chi connectivity index (χ1) is 8.26. The summed E-state index contributed by atoms with van der Waals surface area (Å²) in [6.07, 6.45) is 2.05. The van der Waals surface area contributed by atoms with Gasteiger partial charge in [-0.05, 0) is 19.4 Å². The molecule has 1 rings (SSSR count). The monoisotopic (exact) mass is 273 g/mol. The second kappa shape index (κ2) is 5.34. The number of hydrogen-bond donors (Lipinski definition) is 1. The van der Waals surface area contributed by atoms with Gasteiger partial charge in [0.25, 0.3) is 0 Å². The third-order valence-electron chi connectivity index (χ3n) is 2.65. The number of carboxylic acids is 1. The van der Waals surface area contributed by atoms with Gasteiger partial charge < -0.3 is 9.67 Å². The number of nitrogens with zero attached hydrogens (tertiary/aromatic N) is 1. The summed E-state index contributed by atoms with van der Waals surface area (Å²) in [6.45, 7) is 1.90. The summed E-state index contributed by atoms with van der Waals surface area (Å²) in [7, 11) is -3.05. The van der Waals surface area contributed by atoms with E-state index in [4.69, 9.17) is 5.11 Å². The Bertz CT molecular complexity index is 570. The smallest absolute Gasteiger partial charge is 0.337 e. The molecule has 0 unspecified atom stereocenters. The minimum atomic E-state index is -3.05. The zero-order chi connectivity index (χ0) is 13.9. The molecular formula is C11H15NO5S. The van der Waals surface area contributed by atoms with Gasteiger partial charge in [-0.2, -0.15) is 0 Å². The van der Waals surface area contributed by atoms with Crippen molar-refractivity contribution in [3.8, 4) is 0 Å². The second-order valence-electron chi connectivity index (χ2n) is 4.13. The standard InChI is InChI=1S/C11H15NO5S/c1-8-10(11(14)15)6-9(7-13)12(8)4-3-5-18(2,16)17/h6-7H,3-5H2,1-2H3,(H,14,15). The largest absolute Gasteiger partial charge is 0.478 e. The molecule has 0 atom stereocenters. The Morgan fingerprint density at radius 3 is 2.56 bits per heavy atom. The number of hydrogen-bond acceptors (Lipinski definition) is 4. The Morgan fingerprint density at radius 1 is 1.50 bits per heavy atom. The summed E-state index contributed by atoms with van der Waals surface area (Å²) in [6, 6.07) is 1.30. The van der Waals surface area contributed by atoms with Crippen LogP contribution in [-0.4, -0.2) is 42.4 Å². The van der Waals surface area contributed by atoms with E-state index in [0.717, 1.165) is 6.26 Å². The van der Waals surface area contributed by atoms with E-state index in [2.05, 4.69) is 0 Å². The quantitative estimate of drug-likeness (QED) is 0.772. The summed E-state index contributed by atoms with van der Waals surface area (Å²) in [4.78, 5) is 21.8. The van der Waals surface area contributed by atoms with Crippen molar-refractivity contribution in [2.75, 3.05) is 12.0 Å². The van der Waals surface area contributed by atoms with Crippen LogP contribution in [0.15, 0.2) is 6.07 Å². The molecule has 1 heterocycles. The molecule has 0 amide bonds. The molecule has 1 aromatic rings. The highest BCUT2D eigenvalue weighted by atomic mass is 32.2. The molecule has 100 valence electrons. The first-order valence-corrected chi connectivity index (χ1v) is 7.38. The number of rotatable bonds is 6. The molecule has 0 saturated carbocycles. The molecule has 6 nitrogen and oxygen atoms in total. The number of aldehydes is 1. The molecule has 0 bridgehead atoms. The highest BCUT2D eigenvalue weighted by Gasteiger charge is 2.16. The Labute approximate surface area is 105 Å². The third kappa shape index (κ3) is 3.43. The Kier molecular flexibility index (Phi) is 4.28. The summed E-state index contributed by atoms with van der Waals surface area (Å²) in [5.74, 6) is -1.09. The predicted molar refractivity (Wildman–Crippen MR) is 65.8 cm³/mol. The van der Waals surface area contributed by atoms with Gasteiger partial charge in [-0.25, -0.2) is 13.2 Å². The first kappa shape index (κ1) is 14.4. The molecule has 7 heteroatoms. The van der Waals surface area contributed by atoms with Crippen molar-refractivity contribution in [3.63, 3.8) is 0 Å². The van der Waals surface area contributed by atoms with Gasteiger partial charge in [0.1, 0.15) is 9.84 Å². The topological polar surface area (TPSA) is 93.4 Å². The first-order valence-electron chi connectivity index (χ1n) is 5.32. The number of carbonyl (C=O) groups excluding carboxylic acids is 1. The van der Waals surface area contributed by atoms with Gasteiger partial charge in [0.2, 0.25) is 0 Å². The van der Waals surface area contributed by atoms with Crippen molar-refractivity contribution in [2.24, 2.45) is 0 Å². The maximum Gasteiger partial charge on any atom is 0.337 e. The molecule has 0 radical (unpaired) electrons. The van der Waals surface area contributed by atoms with Crippen LogP contribution >= 0.6 is 0 Å². The summed E-state index contributed by atoms with van der Waals surface area (Å²) in [5, 5.41) is 8.93. The normalized spacial score (nSPS) is 11.4. The average Bonchev–Trinajstić information content (AvgIpc) is 2.54. The molecule has 1 aromatic heterocycles. The van der Waals surface area contributed by atoms with Crippen molar-refractivity contribution in [2.45, 2.75) is 19.9 Å². The van der Waals surface area contributed by atoms with E-state index in [-0.39, 0.29) is 17.0 Å². The number of aromatic carboxylic acids is 1. The number of aromatic nitrogens is 1. The molecule has 18 heavy (non-hydrogen) atoms. The molecule has 0 fully saturated rings. The van der Waals surface area contributed by atoms with Crippen molar-refractivity contribution in [1.29, 1.82) is 0 Å². The SMILES string of the molecule is Cc1c(C(=O)O)cc(C=O)n1CCCS(C)(=O)=O. The summed E-state index contributed by atoms with van der Waals surface area (Å²) in [5.41, 5.74) is 0.771. The van der Waals surface area contributed by atoms with Gasteiger partial charge in [-0.3, -0.25) is 4.79 Å². The van der Waals surface area contributed by atoms with Crippen LogP contribution in [0, 0.1) is 6.92 Å². The fourth-order valence-electron chi connectivity index (χ4n) is 1.77. The maximum absolute atomic E-state index is 11.0. The van der Waals surface area contributed by atoms with E-state index in [0.29, 0.717) is 24.9 Å². The van der Waals surface area contributed by atoms with Gasteiger partial charge >= 0.3 is 5.97 Å². The number of sulfone groups is 1. The molecule has 0 aromatic carbocycles. The number of carbonyl (C=O) groups is 2. The van der Waals surface area contributed by atoms with Crippen molar-refractivity contribution < 1.29 is 23.1 Å². The van der Waals surface area contributed by atoms with Gasteiger partial charge in [0.05, 0.1) is 17.0 Å². The highest BCUT2D eigenvalue weighted by molar-refractivity contribution is 7.90. The third-order valence-corrected chi connectivity index (χ3v) is 3.68. The van der Waals surface area contributed by atoms with E-state index in [1.165, 1.54) is 10.6 Å². The molecule has 0 saturated heterocycles. The second-order valence-corrected chi connectivity index (χ2v) is 6.39. The van der Waals surface area contributed by atoms with Crippen molar-refractivity contribution in [3.05, 3.63) is 23.0 Å². The van der Waals surface area contributed by atoms with E-state index < -0.39 is 15.8 Å². The Hall–Kier alpha value is -1.63. The summed E-state index contributed by atoms with van der Waals surface area (Å²) < 4.78 is 23.5. The lowest BCUT2D eigenvalue weighted by atomic mass is 10.2. The van der Waals surface area contributed by atoms with Crippen LogP contribution in [-0.2, 0) is 16.4 Å². The minimum absolute atomic E-state index is 0.00528. The van der Waals surface area contributed by atoms with E-state index in [9.17, 15) is 18.0 Å². The minimum Gasteiger partial charge on any atom is -0.478 e. The Morgan fingerprint density at radius 2 is 2.11 bits per heavy atom. The zero-order valence-corrected chi connectivity index (χ0v) is 11.0. The van der Waals surface area contributed by atoms with E-state index in [1.54, 1.807) is 6.92 Å². The van der Waals surface area contributed by atoms with Crippen LogP contribution < -0.4 is 0 Å². The van der Waals surface area contributed by atoms with Crippen LogP contribution in [0.25, 0.3) is 0 Å². The van der Waals surface area contributed by atoms with E-state index in [1.807, 2.05) is 0 Å². The van der Waals surface area contributed by atoms with Gasteiger partial charge in [0, 0.05) is 18.5 Å². The van der Waals surface area contributed by atoms with Crippen LogP contribution in [0.1, 0.15) is 33.0 Å². The average molecular weight is 273 g/mol. The lowest BCUT2D eigenvalue weighted by molar-refractivity contribution is 0.0696. The molecule has 0 spiro atoms. The zero-order valence-electron chi connectivity index (χ0n) is 10.2. The molecule has 0 aliphatic heterocycles. The molecule has 0 aliphatic rings. The molecule has 0 aliphatic carbocycles. The summed E-state index contributed by atoms with van der Waals surface area (Å²) >= 11 is 0. The highest BCUT2D eigenvalue weighted by Crippen LogP contribution is 2.15. The lowest BCUT2D eigenvalue weighted by Crippen LogP contribution is -2.10. The van der Waals surface area contributed by atoms with Crippen molar-refractivity contribution in [1.82, 2.24) is 4.57 Å². The van der Waals surface area contributed by atoms with Gasteiger partial charge in [-0.1, -0.05) is 0 Å². The van der Waals surface area contributed by atoms with Crippen LogP contribution in [0.3, 0.4) is 0 Å². The molecule has 1 N–H and O–H groups in total. The lowest BCUT2D eigenvalue weighted by Gasteiger charge is -2.08.